The number of carbonyl (C=O) groups is 2. The summed E-state index contributed by atoms with van der Waals surface area (Å²) < 4.78 is 3.90. The average molecular weight is 134 g/mol. The van der Waals surface area contributed by atoms with Crippen molar-refractivity contribution in [2.24, 2.45) is 5.90 Å². The van der Waals surface area contributed by atoms with E-state index < -0.39 is 12.1 Å². The van der Waals surface area contributed by atoms with E-state index in [4.69, 9.17) is 0 Å². The normalized spacial score (nSPS) is 8.22. The van der Waals surface area contributed by atoms with Crippen LogP contribution in [0.15, 0.2) is 0 Å². The first kappa shape index (κ1) is 7.86. The molecule has 9 heavy (non-hydrogen) atoms. The molecule has 0 saturated carbocycles. The van der Waals surface area contributed by atoms with Crippen LogP contribution in [0.2, 0.25) is 0 Å². The van der Waals surface area contributed by atoms with Crippen molar-refractivity contribution in [3.05, 3.63) is 0 Å². The van der Waals surface area contributed by atoms with E-state index in [1.165, 1.54) is 0 Å². The maximum atomic E-state index is 10.1. The largest absolute Gasteiger partial charge is 0.440 e. The second kappa shape index (κ2) is 3.81. The Hall–Kier alpha value is -1.14. The Labute approximate surface area is 50.8 Å². The lowest BCUT2D eigenvalue weighted by molar-refractivity contribution is -0.136. The third-order valence-electron chi connectivity index (χ3n) is 0.379. The number of carbonyl (C=O) groups excluding carboxylic acids is 2. The summed E-state index contributed by atoms with van der Waals surface area (Å²) in [5.74, 6) is 3.65. The molecule has 0 aliphatic heterocycles. The van der Waals surface area contributed by atoms with Crippen molar-refractivity contribution in [2.45, 2.75) is 6.92 Å². The standard InChI is InChI=1S/C3H6N2O4/c1-2(6)8-3(7)5-9-4/h4H2,1H3,(H,5,7). The SMILES string of the molecule is CC(=O)OC(=O)NON. The molecule has 6 heteroatoms. The molecule has 0 heterocycles. The van der Waals surface area contributed by atoms with Crippen molar-refractivity contribution in [3.8, 4) is 0 Å². The quantitative estimate of drug-likeness (QED) is 0.274. The molecule has 0 aliphatic carbocycles. The van der Waals surface area contributed by atoms with Gasteiger partial charge in [-0.3, -0.25) is 4.79 Å². The third-order valence-corrected chi connectivity index (χ3v) is 0.379. The van der Waals surface area contributed by atoms with Crippen molar-refractivity contribution in [3.63, 3.8) is 0 Å². The van der Waals surface area contributed by atoms with Crippen LogP contribution in [0.5, 0.6) is 0 Å². The highest BCUT2D eigenvalue weighted by molar-refractivity contribution is 5.82. The molecule has 0 saturated heterocycles. The van der Waals surface area contributed by atoms with Gasteiger partial charge < -0.3 is 4.74 Å². The van der Waals surface area contributed by atoms with Crippen LogP contribution in [0.4, 0.5) is 4.79 Å². The lowest BCUT2D eigenvalue weighted by atomic mass is 10.8. The van der Waals surface area contributed by atoms with E-state index in [-0.39, 0.29) is 0 Å². The van der Waals surface area contributed by atoms with Gasteiger partial charge in [0.1, 0.15) is 0 Å². The zero-order valence-electron chi connectivity index (χ0n) is 4.71. The Bertz CT molecular complexity index is 123. The van der Waals surface area contributed by atoms with E-state index in [9.17, 15) is 9.59 Å². The van der Waals surface area contributed by atoms with Gasteiger partial charge in [-0.25, -0.2) is 4.79 Å². The Morgan fingerprint density at radius 1 is 1.56 bits per heavy atom. The molecular formula is C3H6N2O4. The van der Waals surface area contributed by atoms with Crippen molar-refractivity contribution >= 4 is 12.1 Å². The van der Waals surface area contributed by atoms with Gasteiger partial charge in [0.2, 0.25) is 0 Å². The molecule has 52 valence electrons. The molecule has 0 bridgehead atoms. The first-order chi connectivity index (χ1) is 4.16. The summed E-state index contributed by atoms with van der Waals surface area (Å²) in [7, 11) is 0. The lowest BCUT2D eigenvalue weighted by Gasteiger charge is -1.97. The number of hydroxylamine groups is 1. The molecule has 0 aromatic heterocycles. The molecule has 3 N–H and O–H groups in total. The number of amides is 1. The minimum absolute atomic E-state index is 0.732. The average Bonchev–Trinajstić information content (AvgIpc) is 1.63. The van der Waals surface area contributed by atoms with Crippen LogP contribution < -0.4 is 11.4 Å². The highest BCUT2D eigenvalue weighted by Crippen LogP contribution is 1.75. The van der Waals surface area contributed by atoms with Crippen molar-refractivity contribution in [2.75, 3.05) is 0 Å². The van der Waals surface area contributed by atoms with Gasteiger partial charge >= 0.3 is 12.1 Å². The predicted octanol–water partition coefficient (Wildman–Crippen LogP) is -0.936. The monoisotopic (exact) mass is 134 g/mol. The van der Waals surface area contributed by atoms with Gasteiger partial charge in [-0.05, 0) is 0 Å². The number of nitrogens with one attached hydrogen (secondary N) is 1. The summed E-state index contributed by atoms with van der Waals surface area (Å²) in [4.78, 5) is 23.7. The number of hydrogen-bond acceptors (Lipinski definition) is 5. The van der Waals surface area contributed by atoms with Crippen molar-refractivity contribution in [1.29, 1.82) is 0 Å². The maximum Gasteiger partial charge on any atom is 0.440 e. The summed E-state index contributed by atoms with van der Waals surface area (Å²) in [6, 6.07) is 0. The number of esters is 1. The van der Waals surface area contributed by atoms with E-state index in [0.29, 0.717) is 0 Å². The van der Waals surface area contributed by atoms with Crippen molar-refractivity contribution in [1.82, 2.24) is 5.48 Å². The van der Waals surface area contributed by atoms with Crippen LogP contribution in [0, 0.1) is 0 Å². The van der Waals surface area contributed by atoms with Gasteiger partial charge in [0.25, 0.3) is 0 Å². The molecule has 6 nitrogen and oxygen atoms in total. The topological polar surface area (TPSA) is 90.7 Å². The molecule has 0 aromatic carbocycles. The molecule has 0 atom stereocenters. The Balaban J connectivity index is 3.39. The second-order valence-electron chi connectivity index (χ2n) is 1.10. The Kier molecular flexibility index (Phi) is 3.33. The van der Waals surface area contributed by atoms with Gasteiger partial charge in [0.05, 0.1) is 0 Å². The van der Waals surface area contributed by atoms with E-state index in [1.54, 1.807) is 5.48 Å². The van der Waals surface area contributed by atoms with Crippen LogP contribution in [0.1, 0.15) is 6.92 Å². The van der Waals surface area contributed by atoms with E-state index >= 15 is 0 Å². The molecule has 0 rings (SSSR count). The molecule has 0 fully saturated rings. The van der Waals surface area contributed by atoms with Gasteiger partial charge in [0, 0.05) is 6.92 Å². The summed E-state index contributed by atoms with van der Waals surface area (Å²) in [5, 5.41) is 0. The summed E-state index contributed by atoms with van der Waals surface area (Å²) in [6.07, 6.45) is -1.04. The Morgan fingerprint density at radius 3 is 2.44 bits per heavy atom. The van der Waals surface area contributed by atoms with Gasteiger partial charge in [-0.2, -0.15) is 16.3 Å². The predicted molar refractivity (Wildman–Crippen MR) is 25.6 cm³/mol. The van der Waals surface area contributed by atoms with Crippen LogP contribution in [0.3, 0.4) is 0 Å². The highest BCUT2D eigenvalue weighted by atomic mass is 16.8. The fourth-order valence-corrected chi connectivity index (χ4v) is 0.199. The fourth-order valence-electron chi connectivity index (χ4n) is 0.199. The molecule has 1 amide bonds. The smallest absolute Gasteiger partial charge is 0.375 e. The number of nitrogens with two attached hydrogens (primary N) is 1. The first-order valence-corrected chi connectivity index (χ1v) is 2.01. The lowest BCUT2D eigenvalue weighted by Crippen LogP contribution is -2.28. The molecule has 0 aromatic rings. The number of hydrogen-bond donors (Lipinski definition) is 2. The van der Waals surface area contributed by atoms with E-state index in [1.807, 2.05) is 0 Å². The Morgan fingerprint density at radius 2 is 2.11 bits per heavy atom. The minimum Gasteiger partial charge on any atom is -0.375 e. The summed E-state index contributed by atoms with van der Waals surface area (Å²) >= 11 is 0. The minimum atomic E-state index is -1.04. The number of ether oxygens (including phenoxy) is 1. The first-order valence-electron chi connectivity index (χ1n) is 2.01. The highest BCUT2D eigenvalue weighted by Gasteiger charge is 2.02. The van der Waals surface area contributed by atoms with Gasteiger partial charge in [-0.1, -0.05) is 0 Å². The van der Waals surface area contributed by atoms with Crippen LogP contribution in [0.25, 0.3) is 0 Å². The van der Waals surface area contributed by atoms with Crippen LogP contribution >= 0.6 is 0 Å². The zero-order chi connectivity index (χ0) is 7.28. The molecular weight excluding hydrogens is 128 g/mol. The van der Waals surface area contributed by atoms with Gasteiger partial charge in [0.15, 0.2) is 0 Å². The second-order valence-corrected chi connectivity index (χ2v) is 1.10. The molecule has 0 spiro atoms. The molecule has 0 aliphatic rings. The zero-order valence-corrected chi connectivity index (χ0v) is 4.71. The van der Waals surface area contributed by atoms with Crippen molar-refractivity contribution < 1.29 is 19.3 Å². The molecule has 0 unspecified atom stereocenters. The molecule has 0 radical (unpaired) electrons. The van der Waals surface area contributed by atoms with E-state index in [0.717, 1.165) is 6.92 Å². The van der Waals surface area contributed by atoms with Gasteiger partial charge in [-0.15, -0.1) is 0 Å². The van der Waals surface area contributed by atoms with Crippen LogP contribution in [-0.2, 0) is 14.5 Å². The number of rotatable bonds is 1. The van der Waals surface area contributed by atoms with Crippen LogP contribution in [-0.4, -0.2) is 12.1 Å². The fraction of sp³-hybridized carbons (Fsp3) is 0.333. The summed E-state index contributed by atoms with van der Waals surface area (Å²) in [5.41, 5.74) is 1.57. The summed E-state index contributed by atoms with van der Waals surface area (Å²) in [6.45, 7) is 1.08. The third kappa shape index (κ3) is 4.72. The van der Waals surface area contributed by atoms with E-state index in [2.05, 4.69) is 15.6 Å². The maximum absolute atomic E-state index is 10.1.